The first-order valence-corrected chi connectivity index (χ1v) is 27.7. The number of amides is 3. The second-order valence-electron chi connectivity index (χ2n) is 23.7. The molecule has 21 nitrogen and oxygen atoms in total. The molecule has 0 bridgehead atoms. The Kier molecular flexibility index (Phi) is 19.9. The van der Waals surface area contributed by atoms with Crippen LogP contribution in [-0.4, -0.2) is 159 Å². The maximum atomic E-state index is 14.2. The Morgan fingerprint density at radius 3 is 1.47 bits per heavy atom. The van der Waals surface area contributed by atoms with E-state index in [4.69, 9.17) is 27.9 Å². The smallest absolute Gasteiger partial charge is 0.393 e. The van der Waals surface area contributed by atoms with Crippen LogP contribution in [0, 0.1) is 0 Å². The molecule has 0 aromatic heterocycles. The minimum Gasteiger partial charge on any atom is -0.393 e. The number of allylic oxidation sites excluding steroid dienone is 3. The van der Waals surface area contributed by atoms with Gasteiger partial charge < -0.3 is 70.3 Å². The van der Waals surface area contributed by atoms with Crippen molar-refractivity contribution in [3.8, 4) is 0 Å². The first kappa shape index (κ1) is 66.6. The molecule has 3 fully saturated rings. The summed E-state index contributed by atoms with van der Waals surface area (Å²) in [7, 11) is -5.26. The number of hydrogen-bond donors (Lipinski definition) is 10. The lowest BCUT2D eigenvalue weighted by atomic mass is 9.56. The van der Waals surface area contributed by atoms with Gasteiger partial charge in [0.2, 0.25) is 17.7 Å². The van der Waals surface area contributed by atoms with Crippen LogP contribution in [0.2, 0.25) is 0 Å². The highest BCUT2D eigenvalue weighted by Crippen LogP contribution is 2.63. The van der Waals surface area contributed by atoms with E-state index in [9.17, 15) is 58.0 Å². The molecule has 15 atom stereocenters. The SMILES string of the molecule is CCCCCC/C=C\CCCCC/C=C\C(=O)NC1(C)[C@](C)(O[C@]2(C)C(C)(CO)O[C@@](C)(O[C@]3(C)C(C)(COS(=O)(=O)O)OC(O)C(C)(NC(C)=O)[C@@]3(C)O)C(C)(NC(C)=O)[C@@]2(C)O)OC(C)(CC)[C@@](C)(O)[C@]1(C)O. The second kappa shape index (κ2) is 22.5. The molecule has 0 spiro atoms. The summed E-state index contributed by atoms with van der Waals surface area (Å²) in [6.07, 6.45) is 15.5. The van der Waals surface area contributed by atoms with E-state index in [2.05, 4.69) is 35.0 Å². The Bertz CT molecular complexity index is 2230. The standard InChI is InChI=1S/C53H95N3O18S/c1-19-21-22-23-24-25-26-27-28-29-30-31-32-33-38(60)56-44(9)48(13,64)46(11,62)40(5,20-2)71-52(44,17)73-50(15)41(6,34-57)72-53(18,45(10,49(50,14)65)55-37(4)59)74-51(16)42(7,35-69-75(66,67)68)70-39(61)43(8,47(51,12)63)54-36(3)58/h25-26,32-33,39,57,61-65H,19-24,27-31,34-35H2,1-18H3,(H,54,58)(H,55,59)(H,56,60)(H,66,67,68)/b26-25-,33-32-/t39?,40?,41?,42?,43?,44?,45?,46-,47-,48-,49-,50-,51-,52+,53+/m1/s1. The molecular weight excluding hydrogens is 999 g/mol. The normalized spacial score (nSPS) is 44.5. The molecule has 3 amide bonds. The predicted molar refractivity (Wildman–Crippen MR) is 279 cm³/mol. The molecule has 0 radical (unpaired) electrons. The largest absolute Gasteiger partial charge is 0.397 e. The van der Waals surface area contributed by atoms with E-state index in [0.29, 0.717) is 6.42 Å². The van der Waals surface area contributed by atoms with Crippen LogP contribution in [0.5, 0.6) is 0 Å². The van der Waals surface area contributed by atoms with Crippen LogP contribution in [0.3, 0.4) is 0 Å². The molecule has 436 valence electrons. The van der Waals surface area contributed by atoms with Gasteiger partial charge in [-0.15, -0.1) is 0 Å². The minimum absolute atomic E-state index is 0.0525. The summed E-state index contributed by atoms with van der Waals surface area (Å²) >= 11 is 0. The van der Waals surface area contributed by atoms with Gasteiger partial charge in [-0.3, -0.25) is 18.9 Å². The summed E-state index contributed by atoms with van der Waals surface area (Å²) in [6.45, 7) is 22.0. The summed E-state index contributed by atoms with van der Waals surface area (Å²) in [6, 6.07) is 0. The van der Waals surface area contributed by atoms with Gasteiger partial charge in [-0.1, -0.05) is 57.8 Å². The molecule has 3 heterocycles. The molecule has 75 heavy (non-hydrogen) atoms. The average molecular weight is 1090 g/mol. The third-order valence-electron chi connectivity index (χ3n) is 18.7. The Morgan fingerprint density at radius 2 is 1.03 bits per heavy atom. The monoisotopic (exact) mass is 1090 g/mol. The van der Waals surface area contributed by atoms with Crippen molar-refractivity contribution in [1.29, 1.82) is 0 Å². The number of aliphatic hydroxyl groups excluding tert-OH is 2. The van der Waals surface area contributed by atoms with Gasteiger partial charge in [0.25, 0.3) is 0 Å². The van der Waals surface area contributed by atoms with Crippen molar-refractivity contribution in [2.75, 3.05) is 13.2 Å². The molecule has 22 heteroatoms. The molecule has 3 aliphatic heterocycles. The van der Waals surface area contributed by atoms with Crippen LogP contribution in [0.15, 0.2) is 24.3 Å². The number of carbonyl (C=O) groups is 3. The fourth-order valence-corrected chi connectivity index (χ4v) is 12.1. The average Bonchev–Trinajstić information content (AvgIpc) is 3.27. The number of aliphatic hydroxyl groups is 6. The quantitative estimate of drug-likeness (QED) is 0.0274. The van der Waals surface area contributed by atoms with Crippen molar-refractivity contribution in [2.45, 2.75) is 280 Å². The van der Waals surface area contributed by atoms with Gasteiger partial charge in [-0.2, -0.15) is 8.42 Å². The topological polar surface area (TPSA) is 318 Å². The van der Waals surface area contributed by atoms with Crippen molar-refractivity contribution in [1.82, 2.24) is 16.0 Å². The van der Waals surface area contributed by atoms with E-state index in [1.165, 1.54) is 115 Å². The summed E-state index contributed by atoms with van der Waals surface area (Å²) in [5, 5.41) is 83.2. The molecular formula is C53H95N3O18S. The van der Waals surface area contributed by atoms with Crippen LogP contribution in [0.25, 0.3) is 0 Å². The van der Waals surface area contributed by atoms with Crippen molar-refractivity contribution in [3.05, 3.63) is 24.3 Å². The van der Waals surface area contributed by atoms with Gasteiger partial charge in [0.1, 0.15) is 68.0 Å². The van der Waals surface area contributed by atoms with Crippen LogP contribution in [0.1, 0.15) is 195 Å². The molecule has 3 saturated heterocycles. The maximum absolute atomic E-state index is 14.2. The maximum Gasteiger partial charge on any atom is 0.397 e. The number of rotatable bonds is 24. The van der Waals surface area contributed by atoms with E-state index < -0.39 is 126 Å². The predicted octanol–water partition coefficient (Wildman–Crippen LogP) is 4.58. The lowest BCUT2D eigenvalue weighted by molar-refractivity contribution is -0.508. The molecule has 0 aromatic rings. The minimum atomic E-state index is -5.26. The molecule has 3 rings (SSSR count). The lowest BCUT2D eigenvalue weighted by Gasteiger charge is -2.73. The molecule has 7 unspecified atom stereocenters. The highest BCUT2D eigenvalue weighted by Gasteiger charge is 2.83. The zero-order chi connectivity index (χ0) is 58.2. The van der Waals surface area contributed by atoms with Crippen LogP contribution in [-0.2, 0) is 52.7 Å². The van der Waals surface area contributed by atoms with Gasteiger partial charge >= 0.3 is 10.4 Å². The van der Waals surface area contributed by atoms with Crippen LogP contribution in [0.4, 0.5) is 0 Å². The molecule has 0 aromatic carbocycles. The third kappa shape index (κ3) is 11.3. The van der Waals surface area contributed by atoms with Gasteiger partial charge in [-0.05, 0) is 148 Å². The fraction of sp³-hybridized carbons (Fsp3) is 0.868. The molecule has 0 saturated carbocycles. The highest BCUT2D eigenvalue weighted by atomic mass is 32.3. The summed E-state index contributed by atoms with van der Waals surface area (Å²) < 4.78 is 72.7. The van der Waals surface area contributed by atoms with Gasteiger partial charge in [0.15, 0.2) is 17.9 Å². The van der Waals surface area contributed by atoms with E-state index in [0.717, 1.165) is 59.8 Å². The number of hydrogen-bond acceptors (Lipinski definition) is 17. The third-order valence-corrected chi connectivity index (χ3v) is 19.1. The molecule has 3 aliphatic rings. The van der Waals surface area contributed by atoms with Crippen molar-refractivity contribution in [2.24, 2.45) is 0 Å². The second-order valence-corrected chi connectivity index (χ2v) is 24.8. The molecule has 10 N–H and O–H groups in total. The van der Waals surface area contributed by atoms with Crippen LogP contribution >= 0.6 is 0 Å². The summed E-state index contributed by atoms with van der Waals surface area (Å²) in [5.41, 5.74) is -27.8. The number of ether oxygens (including phenoxy) is 5. The molecule has 0 aliphatic carbocycles. The number of nitrogens with one attached hydrogen (secondary N) is 3. The first-order chi connectivity index (χ1) is 33.8. The van der Waals surface area contributed by atoms with E-state index in [1.54, 1.807) is 13.0 Å². The zero-order valence-electron chi connectivity index (χ0n) is 48.1. The summed E-state index contributed by atoms with van der Waals surface area (Å²) in [4.78, 5) is 40.5. The van der Waals surface area contributed by atoms with E-state index >= 15 is 0 Å². The van der Waals surface area contributed by atoms with Crippen molar-refractivity contribution < 1.29 is 85.9 Å². The van der Waals surface area contributed by atoms with Crippen LogP contribution < -0.4 is 16.0 Å². The lowest BCUT2D eigenvalue weighted by Crippen LogP contribution is -2.94. The summed E-state index contributed by atoms with van der Waals surface area (Å²) in [5.74, 6) is -7.18. The Hall–Kier alpha value is -2.68. The fourth-order valence-electron chi connectivity index (χ4n) is 11.7. The number of carbonyl (C=O) groups excluding carboxylic acids is 3. The number of unbranched alkanes of at least 4 members (excludes halogenated alkanes) is 8. The van der Waals surface area contributed by atoms with Gasteiger partial charge in [-0.25, -0.2) is 4.18 Å². The van der Waals surface area contributed by atoms with Crippen molar-refractivity contribution >= 4 is 28.1 Å². The van der Waals surface area contributed by atoms with Crippen molar-refractivity contribution in [3.63, 3.8) is 0 Å². The van der Waals surface area contributed by atoms with Gasteiger partial charge in [0, 0.05) is 13.8 Å². The Balaban J connectivity index is 2.27. The van der Waals surface area contributed by atoms with E-state index in [-0.39, 0.29) is 6.42 Å². The van der Waals surface area contributed by atoms with E-state index in [1.807, 2.05) is 0 Å². The zero-order valence-corrected chi connectivity index (χ0v) is 48.9. The first-order valence-electron chi connectivity index (χ1n) is 26.3. The Morgan fingerprint density at radius 1 is 0.587 bits per heavy atom. The highest BCUT2D eigenvalue weighted by molar-refractivity contribution is 7.80. The Labute approximate surface area is 446 Å². The van der Waals surface area contributed by atoms with Gasteiger partial charge in [0.05, 0.1) is 12.2 Å².